The van der Waals surface area contributed by atoms with E-state index in [1.807, 2.05) is 0 Å². The summed E-state index contributed by atoms with van der Waals surface area (Å²) in [5, 5.41) is 9.47. The van der Waals surface area contributed by atoms with Crippen LogP contribution >= 0.6 is 0 Å². The smallest absolute Gasteiger partial charge is 0.339 e. The van der Waals surface area contributed by atoms with Crippen LogP contribution in [0.25, 0.3) is 0 Å². The first-order chi connectivity index (χ1) is 28.1. The van der Waals surface area contributed by atoms with Crippen LogP contribution in [0.4, 0.5) is 0 Å². The Kier molecular flexibility index (Phi) is 27.9. The van der Waals surface area contributed by atoms with Crippen molar-refractivity contribution in [1.29, 1.82) is 0 Å². The fourth-order valence-corrected chi connectivity index (χ4v) is 9.08. The maximum atomic E-state index is 12.9. The average molecular weight is 811 g/mol. The van der Waals surface area contributed by atoms with Crippen LogP contribution in [-0.4, -0.2) is 48.3 Å². The molecular formula is C50H82O8. The molecule has 58 heavy (non-hydrogen) atoms. The van der Waals surface area contributed by atoms with Crippen LogP contribution in [0, 0.1) is 23.7 Å². The maximum Gasteiger partial charge on any atom is 0.339 e. The number of carbonyl (C=O) groups is 4. The zero-order valence-electron chi connectivity index (χ0n) is 37.2. The van der Waals surface area contributed by atoms with Crippen molar-refractivity contribution in [2.75, 3.05) is 13.2 Å². The van der Waals surface area contributed by atoms with Gasteiger partial charge in [-0.15, -0.1) is 0 Å². The van der Waals surface area contributed by atoms with E-state index in [1.54, 1.807) is 0 Å². The third-order valence-corrected chi connectivity index (χ3v) is 12.4. The van der Waals surface area contributed by atoms with Gasteiger partial charge in [0.15, 0.2) is 6.10 Å². The molecule has 1 N–H and O–H groups in total. The van der Waals surface area contributed by atoms with Crippen molar-refractivity contribution in [3.8, 4) is 0 Å². The quantitative estimate of drug-likeness (QED) is 0.0316. The Morgan fingerprint density at radius 3 is 1.57 bits per heavy atom. The number of hydrogen-bond acceptors (Lipinski definition) is 7. The molecule has 0 radical (unpaired) electrons. The van der Waals surface area contributed by atoms with Crippen molar-refractivity contribution in [1.82, 2.24) is 0 Å². The van der Waals surface area contributed by atoms with Crippen LogP contribution in [0.3, 0.4) is 0 Å². The molecule has 0 bridgehead atoms. The Bertz CT molecular complexity index is 1310. The molecule has 1 aliphatic carbocycles. The second kappa shape index (κ2) is 31.7. The highest BCUT2D eigenvalue weighted by atomic mass is 16.6. The zero-order valence-corrected chi connectivity index (χ0v) is 37.2. The van der Waals surface area contributed by atoms with Gasteiger partial charge >= 0.3 is 23.9 Å². The van der Waals surface area contributed by atoms with Crippen molar-refractivity contribution >= 4 is 23.9 Å². The predicted molar refractivity (Wildman–Crippen MR) is 235 cm³/mol. The average Bonchev–Trinajstić information content (AvgIpc) is 3.21. The van der Waals surface area contributed by atoms with Crippen LogP contribution in [-0.2, 0) is 23.8 Å². The Balaban J connectivity index is 1.83. The van der Waals surface area contributed by atoms with Crippen molar-refractivity contribution in [3.63, 3.8) is 0 Å². The Morgan fingerprint density at radius 2 is 1.05 bits per heavy atom. The van der Waals surface area contributed by atoms with E-state index < -0.39 is 30.0 Å². The van der Waals surface area contributed by atoms with Crippen LogP contribution in [0.1, 0.15) is 222 Å². The van der Waals surface area contributed by atoms with Gasteiger partial charge in [-0.2, -0.15) is 0 Å². The predicted octanol–water partition coefficient (Wildman–Crippen LogP) is 13.6. The van der Waals surface area contributed by atoms with Gasteiger partial charge in [-0.3, -0.25) is 4.79 Å². The van der Waals surface area contributed by atoms with Gasteiger partial charge in [-0.05, 0) is 74.8 Å². The van der Waals surface area contributed by atoms with E-state index >= 15 is 0 Å². The molecule has 5 unspecified atom stereocenters. The number of carbonyl (C=O) groups excluding carboxylic acids is 3. The lowest BCUT2D eigenvalue weighted by Gasteiger charge is -2.44. The fraction of sp³-hybridized carbons (Fsp3) is 0.760. The minimum Gasteiger partial charge on any atom is -0.478 e. The largest absolute Gasteiger partial charge is 0.478 e. The van der Waals surface area contributed by atoms with Crippen LogP contribution < -0.4 is 0 Å². The molecule has 0 aromatic heterocycles. The molecule has 1 fully saturated rings. The summed E-state index contributed by atoms with van der Waals surface area (Å²) < 4.78 is 16.0. The summed E-state index contributed by atoms with van der Waals surface area (Å²) >= 11 is 0. The monoisotopic (exact) mass is 811 g/mol. The maximum absolute atomic E-state index is 12.9. The molecule has 8 nitrogen and oxygen atoms in total. The summed E-state index contributed by atoms with van der Waals surface area (Å²) in [5.74, 6) is 0.379. The molecule has 0 spiro atoms. The van der Waals surface area contributed by atoms with Crippen LogP contribution in [0.15, 0.2) is 36.4 Å². The minimum atomic E-state index is -1.27. The van der Waals surface area contributed by atoms with E-state index in [0.717, 1.165) is 36.5 Å². The number of carboxylic acids is 1. The highest BCUT2D eigenvalue weighted by Crippen LogP contribution is 2.47. The Morgan fingerprint density at radius 1 is 0.621 bits per heavy atom. The van der Waals surface area contributed by atoms with E-state index in [2.05, 4.69) is 27.4 Å². The van der Waals surface area contributed by atoms with E-state index in [9.17, 15) is 24.3 Å². The van der Waals surface area contributed by atoms with Gasteiger partial charge in [0, 0.05) is 12.0 Å². The Hall–Kier alpha value is -3.16. The van der Waals surface area contributed by atoms with E-state index in [0.29, 0.717) is 6.42 Å². The summed E-state index contributed by atoms with van der Waals surface area (Å²) in [5.41, 5.74) is -0.191. The summed E-state index contributed by atoms with van der Waals surface area (Å²) in [6.45, 7) is 11.3. The second-order valence-corrected chi connectivity index (χ2v) is 17.3. The first-order valence-corrected chi connectivity index (χ1v) is 23.6. The van der Waals surface area contributed by atoms with E-state index in [4.69, 9.17) is 14.2 Å². The lowest BCUT2D eigenvalue weighted by molar-refractivity contribution is -0.151. The molecule has 330 valence electrons. The molecule has 8 heteroatoms. The molecule has 1 aromatic rings. The first-order valence-electron chi connectivity index (χ1n) is 23.6. The Labute approximate surface area is 353 Å². The van der Waals surface area contributed by atoms with Crippen molar-refractivity contribution in [2.45, 2.75) is 207 Å². The number of hydrogen-bond donors (Lipinski definition) is 1. The summed E-state index contributed by atoms with van der Waals surface area (Å²) in [6, 6.07) is 5.68. The van der Waals surface area contributed by atoms with Gasteiger partial charge in [0.25, 0.3) is 0 Å². The highest BCUT2D eigenvalue weighted by molar-refractivity contribution is 6.02. The molecular weight excluding hydrogens is 729 g/mol. The number of benzene rings is 1. The van der Waals surface area contributed by atoms with Gasteiger partial charge < -0.3 is 19.3 Å². The van der Waals surface area contributed by atoms with Crippen molar-refractivity contribution < 1.29 is 38.5 Å². The summed E-state index contributed by atoms with van der Waals surface area (Å²) in [7, 11) is 0. The van der Waals surface area contributed by atoms with Gasteiger partial charge in [0.2, 0.25) is 0 Å². The molecule has 5 atom stereocenters. The molecule has 0 amide bonds. The van der Waals surface area contributed by atoms with Gasteiger partial charge in [0.05, 0.1) is 11.1 Å². The normalized spacial score (nSPS) is 18.3. The lowest BCUT2D eigenvalue weighted by Crippen LogP contribution is -2.35. The molecule has 0 aliphatic heterocycles. The molecule has 1 saturated carbocycles. The highest BCUT2D eigenvalue weighted by Gasteiger charge is 2.37. The van der Waals surface area contributed by atoms with Gasteiger partial charge in [-0.25, -0.2) is 14.4 Å². The zero-order chi connectivity index (χ0) is 42.4. The number of aromatic carboxylic acids is 1. The van der Waals surface area contributed by atoms with E-state index in [1.165, 1.54) is 179 Å². The number of ether oxygens (including phenoxy) is 3. The molecule has 0 saturated heterocycles. The van der Waals surface area contributed by atoms with Crippen molar-refractivity contribution in [2.24, 2.45) is 23.7 Å². The molecule has 0 heterocycles. The van der Waals surface area contributed by atoms with Crippen LogP contribution in [0.5, 0.6) is 0 Å². The third-order valence-electron chi connectivity index (χ3n) is 12.4. The molecule has 1 aromatic carbocycles. The van der Waals surface area contributed by atoms with Gasteiger partial charge in [0.1, 0.15) is 13.2 Å². The number of unbranched alkanes of at least 4 members (excludes halogenated alkanes) is 16. The lowest BCUT2D eigenvalue weighted by atomic mass is 9.61. The van der Waals surface area contributed by atoms with E-state index in [-0.39, 0.29) is 36.3 Å². The number of carboxylic acid groups (broad SMARTS) is 1. The molecule has 1 aliphatic rings. The summed E-state index contributed by atoms with van der Waals surface area (Å²) in [6.07, 6.45) is 33.5. The SMILES string of the molecule is C=C(C)C(=O)OCC(COC(=O)CCCCCCCCC1CCC(CCCCC)C(CCCCCCC)C1CCCCCCCC)OC(=O)c1ccccc1C(=O)O. The summed E-state index contributed by atoms with van der Waals surface area (Å²) in [4.78, 5) is 49.1. The van der Waals surface area contributed by atoms with Crippen LogP contribution in [0.2, 0.25) is 0 Å². The first kappa shape index (κ1) is 51.0. The topological polar surface area (TPSA) is 116 Å². The van der Waals surface area contributed by atoms with Gasteiger partial charge in [-0.1, -0.05) is 174 Å². The minimum absolute atomic E-state index is 0.145. The number of esters is 3. The molecule has 2 rings (SSSR count). The second-order valence-electron chi connectivity index (χ2n) is 17.3. The van der Waals surface area contributed by atoms with Crippen molar-refractivity contribution in [3.05, 3.63) is 47.5 Å². The number of rotatable bonds is 34. The fourth-order valence-electron chi connectivity index (χ4n) is 9.08. The standard InChI is InChI=1S/C50H82O8/c1-6-9-12-14-19-24-31-44-41(36-35-40(28-21-11-8-3)43(44)30-23-17-13-10-7-2)29-22-18-15-16-20-25-34-47(51)56-37-42(38-57-49(54)39(4)5)58-50(55)46-33-27-26-32-45(46)48(52)53/h26-27,32-33,40-44H,4,6-25,28-31,34-38H2,1-3,5H3,(H,52,53). The third kappa shape index (κ3) is 21.2.